The second-order valence-corrected chi connectivity index (χ2v) is 4.86. The molecule has 106 valence electrons. The van der Waals surface area contributed by atoms with Crippen molar-refractivity contribution in [3.8, 4) is 6.07 Å². The van der Waals surface area contributed by atoms with Crippen molar-refractivity contribution in [2.75, 3.05) is 11.9 Å². The van der Waals surface area contributed by atoms with Gasteiger partial charge in [0.15, 0.2) is 0 Å². The van der Waals surface area contributed by atoms with Crippen LogP contribution in [0.3, 0.4) is 0 Å². The van der Waals surface area contributed by atoms with E-state index in [0.717, 1.165) is 16.8 Å². The van der Waals surface area contributed by atoms with E-state index < -0.39 is 5.97 Å². The highest BCUT2D eigenvalue weighted by Crippen LogP contribution is 2.19. The van der Waals surface area contributed by atoms with Crippen molar-refractivity contribution in [2.24, 2.45) is 0 Å². The minimum atomic E-state index is -0.836. The molecule has 4 nitrogen and oxygen atoms in total. The van der Waals surface area contributed by atoms with E-state index in [9.17, 15) is 4.79 Å². The summed E-state index contributed by atoms with van der Waals surface area (Å²) < 4.78 is 0. The molecule has 0 spiro atoms. The number of carboxylic acid groups (broad SMARTS) is 1. The third-order valence-electron chi connectivity index (χ3n) is 3.28. The lowest BCUT2D eigenvalue weighted by atomic mass is 10.0. The molecule has 0 radical (unpaired) electrons. The van der Waals surface area contributed by atoms with E-state index in [1.165, 1.54) is 0 Å². The topological polar surface area (TPSA) is 64.3 Å². The first-order valence-corrected chi connectivity index (χ1v) is 6.60. The van der Waals surface area contributed by atoms with Crippen LogP contribution in [0.5, 0.6) is 0 Å². The number of benzene rings is 2. The molecule has 0 heterocycles. The van der Waals surface area contributed by atoms with Crippen molar-refractivity contribution < 1.29 is 9.90 Å². The lowest BCUT2D eigenvalue weighted by molar-refractivity contribution is -0.136. The summed E-state index contributed by atoms with van der Waals surface area (Å²) in [7, 11) is 1.92. The van der Waals surface area contributed by atoms with Crippen molar-refractivity contribution in [3.63, 3.8) is 0 Å². The summed E-state index contributed by atoms with van der Waals surface area (Å²) in [6, 6.07) is 17.0. The van der Waals surface area contributed by atoms with E-state index in [0.29, 0.717) is 12.1 Å². The number of hydrogen-bond acceptors (Lipinski definition) is 3. The predicted octanol–water partition coefficient (Wildman–Crippen LogP) is 2.82. The van der Waals surface area contributed by atoms with Crippen LogP contribution in [0.25, 0.3) is 0 Å². The minimum Gasteiger partial charge on any atom is -0.481 e. The molecule has 4 heteroatoms. The van der Waals surface area contributed by atoms with E-state index in [-0.39, 0.29) is 6.42 Å². The van der Waals surface area contributed by atoms with Crippen molar-refractivity contribution >= 4 is 11.7 Å². The fourth-order valence-corrected chi connectivity index (χ4v) is 2.21. The first kappa shape index (κ1) is 14.6. The van der Waals surface area contributed by atoms with Crippen LogP contribution in [-0.2, 0) is 17.8 Å². The molecule has 0 fully saturated rings. The molecule has 0 saturated carbocycles. The third kappa shape index (κ3) is 3.83. The average molecular weight is 280 g/mol. The minimum absolute atomic E-state index is 0.0161. The summed E-state index contributed by atoms with van der Waals surface area (Å²) in [5.74, 6) is -0.836. The average Bonchev–Trinajstić information content (AvgIpc) is 2.48. The highest BCUT2D eigenvalue weighted by molar-refractivity contribution is 5.70. The third-order valence-corrected chi connectivity index (χ3v) is 3.28. The van der Waals surface area contributed by atoms with Crippen molar-refractivity contribution in [1.29, 1.82) is 5.26 Å². The van der Waals surface area contributed by atoms with Gasteiger partial charge in [0.25, 0.3) is 0 Å². The van der Waals surface area contributed by atoms with Gasteiger partial charge in [-0.15, -0.1) is 0 Å². The van der Waals surface area contributed by atoms with Gasteiger partial charge in [0.1, 0.15) is 0 Å². The zero-order chi connectivity index (χ0) is 15.2. The molecule has 0 saturated heterocycles. The van der Waals surface area contributed by atoms with Gasteiger partial charge in [0.2, 0.25) is 0 Å². The van der Waals surface area contributed by atoms with Crippen LogP contribution >= 0.6 is 0 Å². The first-order valence-electron chi connectivity index (χ1n) is 6.60. The Balaban J connectivity index is 2.21. The van der Waals surface area contributed by atoms with Crippen LogP contribution in [0.4, 0.5) is 5.69 Å². The van der Waals surface area contributed by atoms with E-state index in [2.05, 4.69) is 6.07 Å². The number of nitrogens with zero attached hydrogens (tertiary/aromatic N) is 2. The van der Waals surface area contributed by atoms with Crippen molar-refractivity contribution in [2.45, 2.75) is 13.0 Å². The molecule has 0 aliphatic heterocycles. The number of carboxylic acids is 1. The highest BCUT2D eigenvalue weighted by atomic mass is 16.4. The van der Waals surface area contributed by atoms with Gasteiger partial charge in [-0.05, 0) is 29.3 Å². The van der Waals surface area contributed by atoms with E-state index in [4.69, 9.17) is 10.4 Å². The van der Waals surface area contributed by atoms with Crippen LogP contribution < -0.4 is 4.90 Å². The van der Waals surface area contributed by atoms with Crippen molar-refractivity contribution in [1.82, 2.24) is 0 Å². The van der Waals surface area contributed by atoms with Gasteiger partial charge in [0, 0.05) is 19.3 Å². The Bertz CT molecular complexity index is 689. The van der Waals surface area contributed by atoms with Crippen LogP contribution in [0, 0.1) is 11.3 Å². The number of hydrogen-bond donors (Lipinski definition) is 1. The number of carbonyl (C=O) groups is 1. The molecule has 2 aromatic rings. The molecule has 0 atom stereocenters. The molecule has 0 unspecified atom stereocenters. The summed E-state index contributed by atoms with van der Waals surface area (Å²) in [5, 5.41) is 17.9. The molecule has 0 bridgehead atoms. The van der Waals surface area contributed by atoms with Gasteiger partial charge in [-0.1, -0.05) is 30.3 Å². The highest BCUT2D eigenvalue weighted by Gasteiger charge is 2.09. The Labute approximate surface area is 123 Å². The monoisotopic (exact) mass is 280 g/mol. The number of anilines is 1. The maximum Gasteiger partial charge on any atom is 0.307 e. The van der Waals surface area contributed by atoms with Gasteiger partial charge in [-0.2, -0.15) is 5.26 Å². The lowest BCUT2D eigenvalue weighted by Gasteiger charge is -2.21. The molecule has 0 aliphatic rings. The molecule has 2 aromatic carbocycles. The zero-order valence-electron chi connectivity index (χ0n) is 11.8. The summed E-state index contributed by atoms with van der Waals surface area (Å²) in [5.41, 5.74) is 3.33. The Morgan fingerprint density at radius 3 is 2.57 bits per heavy atom. The number of aliphatic carboxylic acids is 1. The van der Waals surface area contributed by atoms with Crippen LogP contribution in [0.2, 0.25) is 0 Å². The Morgan fingerprint density at radius 2 is 1.90 bits per heavy atom. The van der Waals surface area contributed by atoms with E-state index >= 15 is 0 Å². The second-order valence-electron chi connectivity index (χ2n) is 4.86. The standard InChI is InChI=1S/C17H16N2O2/c1-19(16-8-4-5-13(9-16)11-18)12-15-7-3-2-6-14(15)10-17(20)21/h2-9H,10,12H2,1H3,(H,20,21). The normalized spacial score (nSPS) is 9.90. The maximum absolute atomic E-state index is 10.9. The number of rotatable bonds is 5. The van der Waals surface area contributed by atoms with E-state index in [1.54, 1.807) is 6.07 Å². The van der Waals surface area contributed by atoms with Gasteiger partial charge >= 0.3 is 5.97 Å². The molecule has 0 amide bonds. The largest absolute Gasteiger partial charge is 0.481 e. The van der Waals surface area contributed by atoms with Crippen LogP contribution in [0.15, 0.2) is 48.5 Å². The zero-order valence-corrected chi connectivity index (χ0v) is 11.8. The Hall–Kier alpha value is -2.80. The molecular weight excluding hydrogens is 264 g/mol. The summed E-state index contributed by atoms with van der Waals surface area (Å²) in [6.07, 6.45) is 0.0161. The Morgan fingerprint density at radius 1 is 1.19 bits per heavy atom. The lowest BCUT2D eigenvalue weighted by Crippen LogP contribution is -2.18. The Kier molecular flexibility index (Phi) is 4.57. The smallest absolute Gasteiger partial charge is 0.307 e. The van der Waals surface area contributed by atoms with Gasteiger partial charge in [-0.3, -0.25) is 4.79 Å². The van der Waals surface area contributed by atoms with Crippen LogP contribution in [0.1, 0.15) is 16.7 Å². The fraction of sp³-hybridized carbons (Fsp3) is 0.176. The van der Waals surface area contributed by atoms with Crippen LogP contribution in [-0.4, -0.2) is 18.1 Å². The van der Waals surface area contributed by atoms with Gasteiger partial charge in [0.05, 0.1) is 18.1 Å². The molecule has 0 aliphatic carbocycles. The van der Waals surface area contributed by atoms with Crippen molar-refractivity contribution in [3.05, 3.63) is 65.2 Å². The number of nitriles is 1. The molecule has 21 heavy (non-hydrogen) atoms. The maximum atomic E-state index is 10.9. The summed E-state index contributed by atoms with van der Waals surface area (Å²) >= 11 is 0. The summed E-state index contributed by atoms with van der Waals surface area (Å²) in [4.78, 5) is 12.9. The predicted molar refractivity (Wildman–Crippen MR) is 81.0 cm³/mol. The quantitative estimate of drug-likeness (QED) is 0.914. The van der Waals surface area contributed by atoms with Gasteiger partial charge in [-0.25, -0.2) is 0 Å². The molecular formula is C17H16N2O2. The van der Waals surface area contributed by atoms with Gasteiger partial charge < -0.3 is 10.0 Å². The first-order chi connectivity index (χ1) is 10.1. The van der Waals surface area contributed by atoms with E-state index in [1.807, 2.05) is 54.4 Å². The summed E-state index contributed by atoms with van der Waals surface area (Å²) in [6.45, 7) is 0.596. The molecule has 0 aromatic heterocycles. The molecule has 1 N–H and O–H groups in total. The SMILES string of the molecule is CN(Cc1ccccc1CC(=O)O)c1cccc(C#N)c1. The fourth-order valence-electron chi connectivity index (χ4n) is 2.21. The molecule has 2 rings (SSSR count). The second kappa shape index (κ2) is 6.58.